The molecule has 0 fully saturated rings. The van der Waals surface area contributed by atoms with Gasteiger partial charge in [-0.1, -0.05) is 18.2 Å². The van der Waals surface area contributed by atoms with Crippen LogP contribution in [0.3, 0.4) is 0 Å². The summed E-state index contributed by atoms with van der Waals surface area (Å²) in [5, 5.41) is 5.23. The van der Waals surface area contributed by atoms with Gasteiger partial charge >= 0.3 is 298 Å². The molecule has 0 bridgehead atoms. The Kier molecular flexibility index (Phi) is 7.28. The van der Waals surface area contributed by atoms with Gasteiger partial charge in [0.2, 0.25) is 0 Å². The van der Waals surface area contributed by atoms with Gasteiger partial charge < -0.3 is 0 Å². The van der Waals surface area contributed by atoms with Crippen molar-refractivity contribution in [1.82, 2.24) is 14.5 Å². The average molecular weight is 805 g/mol. The zero-order valence-corrected chi connectivity index (χ0v) is 33.7. The fourth-order valence-corrected chi connectivity index (χ4v) is 21.1. The van der Waals surface area contributed by atoms with E-state index >= 15 is 0 Å². The molecule has 8 aromatic carbocycles. The van der Waals surface area contributed by atoms with Crippen LogP contribution in [-0.4, -0.2) is 27.8 Å². The van der Waals surface area contributed by atoms with Crippen molar-refractivity contribution in [2.45, 2.75) is 0 Å². The third kappa shape index (κ3) is 4.72. The first-order valence-electron chi connectivity index (χ1n) is 19.4. The van der Waals surface area contributed by atoms with Crippen LogP contribution >= 0.6 is 11.3 Å². The van der Waals surface area contributed by atoms with Crippen LogP contribution in [0.2, 0.25) is 0 Å². The first-order chi connectivity index (χ1) is 28.3. The summed E-state index contributed by atoms with van der Waals surface area (Å²) in [5.74, 6) is 0.752. The molecule has 3 nitrogen and oxygen atoms in total. The molecule has 0 radical (unpaired) electrons. The van der Waals surface area contributed by atoms with Crippen LogP contribution in [0, 0.1) is 0 Å². The molecular weight excluding hydrogens is 771 g/mol. The van der Waals surface area contributed by atoms with Gasteiger partial charge in [0, 0.05) is 4.70 Å². The maximum atomic E-state index is 5.75. The van der Waals surface area contributed by atoms with Gasteiger partial charge in [-0.3, -0.25) is 0 Å². The second kappa shape index (κ2) is 12.7. The molecule has 0 unspecified atom stereocenters. The van der Waals surface area contributed by atoms with E-state index in [0.29, 0.717) is 0 Å². The first-order valence-corrected chi connectivity index (χ1v) is 24.4. The fraction of sp³-hybridized carbons (Fsp3) is 0. The number of rotatable bonds is 5. The second-order valence-corrected chi connectivity index (χ2v) is 23.6. The quantitative estimate of drug-likeness (QED) is 0.162. The predicted molar refractivity (Wildman–Crippen MR) is 243 cm³/mol. The number of para-hydroxylation sites is 1. The number of thiophene rings is 1. The molecule has 1 aliphatic heterocycles. The van der Waals surface area contributed by atoms with Crippen LogP contribution in [0.25, 0.3) is 81.4 Å². The number of benzene rings is 8. The van der Waals surface area contributed by atoms with Gasteiger partial charge in [0.05, 0.1) is 0 Å². The van der Waals surface area contributed by atoms with Crippen LogP contribution in [0.1, 0.15) is 0 Å². The van der Waals surface area contributed by atoms with E-state index in [1.165, 1.54) is 70.8 Å². The second-order valence-electron chi connectivity index (χ2n) is 14.8. The van der Waals surface area contributed by atoms with Gasteiger partial charge in [0.1, 0.15) is 0 Å². The number of aromatic nitrogens is 3. The molecule has 12 rings (SSSR count). The molecule has 0 aliphatic carbocycles. The Morgan fingerprint density at radius 2 is 1.07 bits per heavy atom. The van der Waals surface area contributed by atoms with Crippen molar-refractivity contribution in [1.29, 1.82) is 0 Å². The Morgan fingerprint density at radius 3 is 1.82 bits per heavy atom. The zero-order chi connectivity index (χ0) is 37.5. The van der Waals surface area contributed by atoms with Gasteiger partial charge in [-0.25, -0.2) is 0 Å². The molecule has 0 saturated carbocycles. The topological polar surface area (TPSA) is 30.7 Å². The molecule has 57 heavy (non-hydrogen) atoms. The molecule has 3 aromatic heterocycles. The number of hydrogen-bond donors (Lipinski definition) is 0. The molecule has 0 saturated heterocycles. The van der Waals surface area contributed by atoms with Gasteiger partial charge in [0.15, 0.2) is 0 Å². The number of hydrogen-bond acceptors (Lipinski definition) is 3. The van der Waals surface area contributed by atoms with Crippen molar-refractivity contribution in [2.24, 2.45) is 0 Å². The monoisotopic (exact) mass is 805 g/mol. The summed E-state index contributed by atoms with van der Waals surface area (Å²) in [7, 11) is 0. The Bertz CT molecular complexity index is 3300. The van der Waals surface area contributed by atoms with Gasteiger partial charge in [-0.15, -0.1) is 11.3 Å². The Hall–Kier alpha value is -6.60. The summed E-state index contributed by atoms with van der Waals surface area (Å²) in [4.78, 5) is 11.2. The summed E-state index contributed by atoms with van der Waals surface area (Å²) >= 11 is -1.77. The Balaban J connectivity index is 1.10. The van der Waals surface area contributed by atoms with E-state index in [1.807, 2.05) is 11.3 Å². The standard InChI is InChI=1S/C52H33GeN3S/c1-4-16-34(17-5-1)50-49-39-22-10-13-25-42(39)53(36-18-6-2-7-19-36,37-20-8-3-9-21-37)51(49)55-52(54-50)35-28-30-38(31-29-35)56-43-26-14-11-23-40(43)47-44(56)32-33-46-48(47)41-24-12-15-27-45(41)57-46/h1-33H. The van der Waals surface area contributed by atoms with Crippen molar-refractivity contribution in [3.05, 3.63) is 200 Å². The van der Waals surface area contributed by atoms with E-state index in [-0.39, 0.29) is 0 Å². The fourth-order valence-electron chi connectivity index (χ4n) is 9.52. The van der Waals surface area contributed by atoms with Gasteiger partial charge in [0.25, 0.3) is 0 Å². The summed E-state index contributed by atoms with van der Waals surface area (Å²) in [5.41, 5.74) is 9.02. The predicted octanol–water partition coefficient (Wildman–Crippen LogP) is 10.6. The molecule has 4 heterocycles. The third-order valence-electron chi connectivity index (χ3n) is 11.9. The van der Waals surface area contributed by atoms with Crippen LogP contribution < -0.4 is 17.7 Å². The zero-order valence-electron chi connectivity index (χ0n) is 30.8. The summed E-state index contributed by atoms with van der Waals surface area (Å²) < 4.78 is 10.4. The molecule has 0 spiro atoms. The summed E-state index contributed by atoms with van der Waals surface area (Å²) in [6, 6.07) is 73.1. The normalized spacial score (nSPS) is 13.1. The van der Waals surface area contributed by atoms with Crippen LogP contribution in [-0.2, 0) is 0 Å². The SMILES string of the molecule is c1ccc(-c2nc(-c3ccc(-n4c5ccccc5c5c6c(ccc54)sc4ccccc46)cc3)n[c]3c2-c2cccc[c]2[Ge]3([c]2ccccc2)[c]2ccccc2)cc1. The molecule has 266 valence electrons. The van der Waals surface area contributed by atoms with E-state index in [0.717, 1.165) is 28.3 Å². The Labute approximate surface area is 336 Å². The van der Waals surface area contributed by atoms with Crippen molar-refractivity contribution in [2.75, 3.05) is 0 Å². The van der Waals surface area contributed by atoms with Crippen LogP contribution in [0.4, 0.5) is 0 Å². The van der Waals surface area contributed by atoms with E-state index < -0.39 is 13.3 Å². The van der Waals surface area contributed by atoms with Crippen molar-refractivity contribution in [3.63, 3.8) is 0 Å². The van der Waals surface area contributed by atoms with Gasteiger partial charge in [-0.2, -0.15) is 0 Å². The summed E-state index contributed by atoms with van der Waals surface area (Å²) in [6.45, 7) is 0. The molecule has 0 atom stereocenters. The molecule has 5 heteroatoms. The Morgan fingerprint density at radius 1 is 0.439 bits per heavy atom. The van der Waals surface area contributed by atoms with Crippen molar-refractivity contribution in [3.8, 4) is 39.5 Å². The van der Waals surface area contributed by atoms with E-state index in [1.54, 1.807) is 0 Å². The van der Waals surface area contributed by atoms with E-state index in [4.69, 9.17) is 9.97 Å². The average Bonchev–Trinajstić information content (AvgIpc) is 3.93. The van der Waals surface area contributed by atoms with Crippen LogP contribution in [0.15, 0.2) is 200 Å². The van der Waals surface area contributed by atoms with E-state index in [9.17, 15) is 0 Å². The number of nitrogens with zero attached hydrogens (tertiary/aromatic N) is 3. The minimum atomic E-state index is -3.64. The van der Waals surface area contributed by atoms with Crippen molar-refractivity contribution < 1.29 is 0 Å². The molecule has 0 amide bonds. The van der Waals surface area contributed by atoms with Crippen molar-refractivity contribution >= 4 is 84.3 Å². The van der Waals surface area contributed by atoms with Crippen LogP contribution in [0.5, 0.6) is 0 Å². The minimum absolute atomic E-state index is 0.752. The number of fused-ring (bicyclic) bond motifs is 10. The van der Waals surface area contributed by atoms with E-state index in [2.05, 4.69) is 205 Å². The first kappa shape index (κ1) is 32.6. The molecular formula is C52H33GeN3S. The maximum absolute atomic E-state index is 5.75. The third-order valence-corrected chi connectivity index (χ3v) is 22.9. The molecule has 1 aliphatic rings. The molecule has 0 N–H and O–H groups in total. The summed E-state index contributed by atoms with van der Waals surface area (Å²) in [6.07, 6.45) is 0. The molecule has 11 aromatic rings. The van der Waals surface area contributed by atoms with Gasteiger partial charge in [-0.05, 0) is 6.07 Å².